The highest BCUT2D eigenvalue weighted by atomic mass is 16.5. The van der Waals surface area contributed by atoms with Crippen LogP contribution in [0.1, 0.15) is 24.8 Å². The van der Waals surface area contributed by atoms with E-state index in [-0.39, 0.29) is 6.10 Å². The van der Waals surface area contributed by atoms with E-state index in [0.29, 0.717) is 19.4 Å². The molecule has 1 fully saturated rings. The van der Waals surface area contributed by atoms with Crippen LogP contribution in [-0.4, -0.2) is 42.4 Å². The van der Waals surface area contributed by atoms with Crippen LogP contribution < -0.4 is 10.6 Å². The predicted molar refractivity (Wildman–Crippen MR) is 91.5 cm³/mol. The van der Waals surface area contributed by atoms with Crippen LogP contribution in [0.4, 0.5) is 4.79 Å². The van der Waals surface area contributed by atoms with E-state index >= 15 is 0 Å². The number of rotatable bonds is 6. The molecule has 1 aromatic carbocycles. The van der Waals surface area contributed by atoms with Gasteiger partial charge in [0, 0.05) is 12.5 Å². The Bertz CT molecular complexity index is 590. The third kappa shape index (κ3) is 6.56. The Morgan fingerprint density at radius 2 is 2.04 bits per heavy atom. The van der Waals surface area contributed by atoms with E-state index in [1.165, 1.54) is 13.4 Å². The zero-order valence-electron chi connectivity index (χ0n) is 14.2. The lowest BCUT2D eigenvalue weighted by molar-refractivity contribution is -0.115. The molecule has 136 valence electrons. The summed E-state index contributed by atoms with van der Waals surface area (Å²) in [7, 11) is 1.40. The number of benzene rings is 1. The van der Waals surface area contributed by atoms with Gasteiger partial charge in [0.2, 0.25) is 0 Å². The summed E-state index contributed by atoms with van der Waals surface area (Å²) in [6.07, 6.45) is 3.25. The molecule has 25 heavy (non-hydrogen) atoms. The molecule has 3 atom stereocenters. The van der Waals surface area contributed by atoms with Crippen LogP contribution in [0, 0.1) is 0 Å². The van der Waals surface area contributed by atoms with Gasteiger partial charge in [-0.05, 0) is 18.4 Å². The summed E-state index contributed by atoms with van der Waals surface area (Å²) in [5, 5.41) is 15.0. The van der Waals surface area contributed by atoms with E-state index in [9.17, 15) is 14.7 Å². The molecule has 0 heterocycles. The van der Waals surface area contributed by atoms with Crippen molar-refractivity contribution >= 4 is 11.9 Å². The van der Waals surface area contributed by atoms with Gasteiger partial charge in [-0.25, -0.2) is 4.79 Å². The average Bonchev–Trinajstić information content (AvgIpc) is 2.61. The van der Waals surface area contributed by atoms with E-state index in [2.05, 4.69) is 15.4 Å². The minimum Gasteiger partial charge on any atom is -0.504 e. The standard InChI is InChI=1S/C18H24N2O5/c1-24-10-9-17(22)20-18(23)19-15-8-7-14(11-16(15)21)25-12-13-5-3-2-4-6-13/h2-6,9-10,14-16,21H,7-8,11-12H2,1H3,(H2,19,20,22,23)/b10-9+/t14-,15-,16-/m0/s1. The zero-order valence-corrected chi connectivity index (χ0v) is 14.2. The summed E-state index contributed by atoms with van der Waals surface area (Å²) in [5.74, 6) is -0.589. The molecule has 7 heteroatoms. The molecular weight excluding hydrogens is 324 g/mol. The molecule has 1 saturated carbocycles. The lowest BCUT2D eigenvalue weighted by Crippen LogP contribution is -2.52. The Labute approximate surface area is 147 Å². The Balaban J connectivity index is 1.72. The molecule has 0 aromatic heterocycles. The van der Waals surface area contributed by atoms with E-state index in [1.54, 1.807) is 0 Å². The molecule has 3 N–H and O–H groups in total. The number of urea groups is 1. The second kappa shape index (κ2) is 9.80. The molecule has 0 unspecified atom stereocenters. The van der Waals surface area contributed by atoms with Crippen molar-refractivity contribution in [2.24, 2.45) is 0 Å². The second-order valence-corrected chi connectivity index (χ2v) is 5.91. The number of ether oxygens (including phenoxy) is 2. The van der Waals surface area contributed by atoms with Crippen molar-refractivity contribution in [1.82, 2.24) is 10.6 Å². The topological polar surface area (TPSA) is 96.9 Å². The fraction of sp³-hybridized carbons (Fsp3) is 0.444. The first-order valence-corrected chi connectivity index (χ1v) is 8.23. The third-order valence-electron chi connectivity index (χ3n) is 4.01. The number of aliphatic hydroxyl groups is 1. The van der Waals surface area contributed by atoms with Gasteiger partial charge in [0.1, 0.15) is 0 Å². The Morgan fingerprint density at radius 1 is 1.28 bits per heavy atom. The molecule has 0 bridgehead atoms. The molecule has 0 saturated heterocycles. The van der Waals surface area contributed by atoms with Gasteiger partial charge < -0.3 is 19.9 Å². The van der Waals surface area contributed by atoms with Crippen LogP contribution in [0.2, 0.25) is 0 Å². The van der Waals surface area contributed by atoms with Gasteiger partial charge in [0.25, 0.3) is 5.91 Å². The summed E-state index contributed by atoms with van der Waals surface area (Å²) in [4.78, 5) is 23.1. The van der Waals surface area contributed by atoms with Crippen molar-refractivity contribution in [2.75, 3.05) is 7.11 Å². The quantitative estimate of drug-likeness (QED) is 0.534. The first kappa shape index (κ1) is 19.0. The van der Waals surface area contributed by atoms with E-state index in [4.69, 9.17) is 4.74 Å². The number of hydrogen-bond donors (Lipinski definition) is 3. The normalized spacial score (nSPS) is 23.2. The number of carbonyl (C=O) groups excluding carboxylic acids is 2. The van der Waals surface area contributed by atoms with Crippen LogP contribution in [0.3, 0.4) is 0 Å². The second-order valence-electron chi connectivity index (χ2n) is 5.91. The monoisotopic (exact) mass is 348 g/mol. The highest BCUT2D eigenvalue weighted by molar-refractivity contribution is 6.00. The number of carbonyl (C=O) groups is 2. The number of methoxy groups -OCH3 is 1. The zero-order chi connectivity index (χ0) is 18.1. The summed E-state index contributed by atoms with van der Waals surface area (Å²) < 4.78 is 10.4. The van der Waals surface area contributed by atoms with E-state index < -0.39 is 24.1 Å². The average molecular weight is 348 g/mol. The van der Waals surface area contributed by atoms with Gasteiger partial charge in [-0.1, -0.05) is 30.3 Å². The van der Waals surface area contributed by atoms with Crippen molar-refractivity contribution in [3.8, 4) is 0 Å². The van der Waals surface area contributed by atoms with Gasteiger partial charge in [-0.2, -0.15) is 0 Å². The van der Waals surface area contributed by atoms with Crippen LogP contribution in [-0.2, 0) is 20.9 Å². The molecule has 0 spiro atoms. The highest BCUT2D eigenvalue weighted by Gasteiger charge is 2.30. The number of nitrogens with one attached hydrogen (secondary N) is 2. The van der Waals surface area contributed by atoms with Crippen molar-refractivity contribution in [3.05, 3.63) is 48.2 Å². The smallest absolute Gasteiger partial charge is 0.322 e. The minimum absolute atomic E-state index is 0.0532. The SMILES string of the molecule is CO/C=C/C(=O)NC(=O)N[C@H]1CC[C@H](OCc2ccccc2)C[C@@H]1O. The van der Waals surface area contributed by atoms with E-state index in [0.717, 1.165) is 18.1 Å². The fourth-order valence-electron chi connectivity index (χ4n) is 2.71. The summed E-state index contributed by atoms with van der Waals surface area (Å²) in [6, 6.07) is 8.79. The van der Waals surface area contributed by atoms with Crippen LogP contribution in [0.5, 0.6) is 0 Å². The Hall–Kier alpha value is -2.38. The van der Waals surface area contributed by atoms with Crippen molar-refractivity contribution in [2.45, 2.75) is 44.1 Å². The summed E-state index contributed by atoms with van der Waals surface area (Å²) >= 11 is 0. The van der Waals surface area contributed by atoms with Crippen LogP contribution >= 0.6 is 0 Å². The maximum atomic E-state index is 11.8. The highest BCUT2D eigenvalue weighted by Crippen LogP contribution is 2.23. The maximum Gasteiger partial charge on any atom is 0.322 e. The van der Waals surface area contributed by atoms with Crippen LogP contribution in [0.25, 0.3) is 0 Å². The summed E-state index contributed by atoms with van der Waals surface area (Å²) in [6.45, 7) is 0.497. The Morgan fingerprint density at radius 3 is 2.72 bits per heavy atom. The van der Waals surface area contributed by atoms with E-state index in [1.807, 2.05) is 30.3 Å². The molecule has 0 radical (unpaired) electrons. The van der Waals surface area contributed by atoms with Gasteiger partial charge in [0.15, 0.2) is 0 Å². The third-order valence-corrected chi connectivity index (χ3v) is 4.01. The van der Waals surface area contributed by atoms with Gasteiger partial charge in [-0.15, -0.1) is 0 Å². The molecule has 0 aliphatic heterocycles. The first-order chi connectivity index (χ1) is 12.1. The molecule has 1 aliphatic carbocycles. The fourth-order valence-corrected chi connectivity index (χ4v) is 2.71. The molecule has 1 aromatic rings. The van der Waals surface area contributed by atoms with Gasteiger partial charge in [0.05, 0.1) is 38.2 Å². The lowest BCUT2D eigenvalue weighted by Gasteiger charge is -2.33. The molecule has 2 rings (SSSR count). The molecular formula is C18H24N2O5. The number of imide groups is 1. The molecule has 7 nitrogen and oxygen atoms in total. The Kier molecular flexibility index (Phi) is 7.43. The number of aliphatic hydroxyl groups excluding tert-OH is 1. The van der Waals surface area contributed by atoms with Crippen molar-refractivity contribution < 1.29 is 24.2 Å². The minimum atomic E-state index is -0.718. The number of amides is 3. The van der Waals surface area contributed by atoms with Crippen molar-refractivity contribution in [3.63, 3.8) is 0 Å². The largest absolute Gasteiger partial charge is 0.504 e. The van der Waals surface area contributed by atoms with Crippen LogP contribution in [0.15, 0.2) is 42.7 Å². The predicted octanol–water partition coefficient (Wildman–Crippen LogP) is 1.47. The maximum absolute atomic E-state index is 11.8. The van der Waals surface area contributed by atoms with Crippen molar-refractivity contribution in [1.29, 1.82) is 0 Å². The van der Waals surface area contributed by atoms with Gasteiger partial charge >= 0.3 is 6.03 Å². The first-order valence-electron chi connectivity index (χ1n) is 8.23. The lowest BCUT2D eigenvalue weighted by atomic mass is 9.90. The summed E-state index contributed by atoms with van der Waals surface area (Å²) in [5.41, 5.74) is 1.08. The molecule has 3 amide bonds. The number of hydrogen-bond acceptors (Lipinski definition) is 5. The molecule has 1 aliphatic rings. The van der Waals surface area contributed by atoms with Gasteiger partial charge in [-0.3, -0.25) is 10.1 Å².